The highest BCUT2D eigenvalue weighted by molar-refractivity contribution is 14.1. The quantitative estimate of drug-likeness (QED) is 0.176. The molecule has 0 radical (unpaired) electrons. The Balaban J connectivity index is 1.70. The van der Waals surface area contributed by atoms with Gasteiger partial charge in [-0.2, -0.15) is 0 Å². The summed E-state index contributed by atoms with van der Waals surface area (Å²) >= 11 is 14.7. The number of thiocarbonyl (C=S) groups is 1. The number of carbonyl (C=O) groups excluding carboxylic acids is 1. The molecule has 0 bridgehead atoms. The predicted molar refractivity (Wildman–Crippen MR) is 141 cm³/mol. The number of benzene rings is 2. The van der Waals surface area contributed by atoms with Crippen LogP contribution in [0.4, 0.5) is 5.13 Å². The number of anilines is 1. The molecule has 0 aliphatic heterocycles. The van der Waals surface area contributed by atoms with Crippen LogP contribution in [-0.2, 0) is 6.42 Å². The predicted octanol–water partition coefficient (Wildman–Crippen LogP) is 6.74. The SMILES string of the molecule is CCCCc1ccc2nc(NC(=S)NC(=O)c3cc(I)cc(I)c3Br)sc2c1. The number of hydrogen-bond acceptors (Lipinski definition) is 4. The fraction of sp³-hybridized carbons (Fsp3) is 0.211. The molecule has 3 aromatic rings. The first-order valence-electron chi connectivity index (χ1n) is 8.53. The van der Waals surface area contributed by atoms with E-state index in [-0.39, 0.29) is 11.0 Å². The van der Waals surface area contributed by atoms with Crippen molar-refractivity contribution in [3.05, 3.63) is 53.1 Å². The minimum atomic E-state index is -0.260. The Bertz CT molecular complexity index is 1060. The number of nitrogens with one attached hydrogen (secondary N) is 2. The molecule has 0 unspecified atom stereocenters. The summed E-state index contributed by atoms with van der Waals surface area (Å²) in [5.41, 5.74) is 2.79. The number of thiazole rings is 1. The molecular weight excluding hydrogens is 684 g/mol. The molecule has 0 atom stereocenters. The van der Waals surface area contributed by atoms with Crippen molar-refractivity contribution in [1.29, 1.82) is 0 Å². The number of halogens is 3. The first-order valence-corrected chi connectivity index (χ1v) is 12.7. The second-order valence-electron chi connectivity index (χ2n) is 6.08. The Morgan fingerprint density at radius 3 is 2.82 bits per heavy atom. The van der Waals surface area contributed by atoms with Gasteiger partial charge in [-0.05, 0) is 116 Å². The van der Waals surface area contributed by atoms with Gasteiger partial charge in [0, 0.05) is 11.6 Å². The minimum absolute atomic E-state index is 0.232. The van der Waals surface area contributed by atoms with Crippen molar-refractivity contribution in [2.45, 2.75) is 26.2 Å². The molecule has 2 aromatic carbocycles. The summed E-state index contributed by atoms with van der Waals surface area (Å²) in [4.78, 5) is 17.2. The van der Waals surface area contributed by atoms with Crippen molar-refractivity contribution in [2.24, 2.45) is 0 Å². The third-order valence-electron chi connectivity index (χ3n) is 3.96. The van der Waals surface area contributed by atoms with Crippen LogP contribution in [0.2, 0.25) is 0 Å². The Kier molecular flexibility index (Phi) is 8.05. The van der Waals surface area contributed by atoms with Gasteiger partial charge in [-0.3, -0.25) is 10.1 Å². The van der Waals surface area contributed by atoms with E-state index in [4.69, 9.17) is 12.2 Å². The standard InChI is InChI=1S/C19H16BrI2N3OS2/c1-2-3-4-10-5-6-14-15(7-10)28-19(23-14)25-18(27)24-17(26)12-8-11(21)9-13(22)16(12)20/h5-9H,2-4H2,1H3,(H2,23,24,25,26,27). The van der Waals surface area contributed by atoms with E-state index >= 15 is 0 Å². The molecular formula is C19H16BrI2N3OS2. The molecule has 0 saturated carbocycles. The lowest BCUT2D eigenvalue weighted by atomic mass is 10.1. The van der Waals surface area contributed by atoms with Crippen LogP contribution in [0.25, 0.3) is 10.2 Å². The van der Waals surface area contributed by atoms with E-state index in [1.807, 2.05) is 18.2 Å². The van der Waals surface area contributed by atoms with Gasteiger partial charge in [0.25, 0.3) is 5.91 Å². The van der Waals surface area contributed by atoms with Crippen LogP contribution in [0.5, 0.6) is 0 Å². The Morgan fingerprint density at radius 2 is 2.07 bits per heavy atom. The van der Waals surface area contributed by atoms with Gasteiger partial charge in [-0.15, -0.1) is 0 Å². The summed E-state index contributed by atoms with van der Waals surface area (Å²) in [6.45, 7) is 2.19. The molecule has 1 amide bonds. The van der Waals surface area contributed by atoms with E-state index < -0.39 is 0 Å². The number of rotatable bonds is 5. The summed E-state index contributed by atoms with van der Waals surface area (Å²) in [7, 11) is 0. The number of hydrogen-bond donors (Lipinski definition) is 2. The molecule has 0 fully saturated rings. The van der Waals surface area contributed by atoms with Gasteiger partial charge in [0.1, 0.15) is 0 Å². The largest absolute Gasteiger partial charge is 0.308 e. The molecule has 4 nitrogen and oxygen atoms in total. The van der Waals surface area contributed by atoms with Crippen molar-refractivity contribution in [3.8, 4) is 0 Å². The second kappa shape index (κ2) is 10.1. The average Bonchev–Trinajstić information content (AvgIpc) is 3.03. The van der Waals surface area contributed by atoms with Crippen molar-refractivity contribution >= 4 is 111 Å². The fourth-order valence-corrected chi connectivity index (χ4v) is 6.02. The van der Waals surface area contributed by atoms with Gasteiger partial charge in [0.05, 0.1) is 15.8 Å². The van der Waals surface area contributed by atoms with Gasteiger partial charge in [0.15, 0.2) is 10.2 Å². The lowest BCUT2D eigenvalue weighted by Crippen LogP contribution is -2.34. The van der Waals surface area contributed by atoms with E-state index in [0.717, 1.165) is 28.3 Å². The molecule has 0 aliphatic rings. The van der Waals surface area contributed by atoms with Gasteiger partial charge < -0.3 is 5.32 Å². The van der Waals surface area contributed by atoms with Crippen LogP contribution in [0.15, 0.2) is 34.8 Å². The highest BCUT2D eigenvalue weighted by atomic mass is 127. The molecule has 0 aliphatic carbocycles. The highest BCUT2D eigenvalue weighted by Crippen LogP contribution is 2.28. The lowest BCUT2D eigenvalue weighted by Gasteiger charge is -2.10. The Morgan fingerprint density at radius 1 is 1.29 bits per heavy atom. The number of nitrogens with zero attached hydrogens (tertiary/aromatic N) is 1. The van der Waals surface area contributed by atoms with Crippen molar-refractivity contribution < 1.29 is 4.79 Å². The number of amides is 1. The van der Waals surface area contributed by atoms with Crippen LogP contribution in [0.1, 0.15) is 35.7 Å². The minimum Gasteiger partial charge on any atom is -0.308 e. The van der Waals surface area contributed by atoms with Gasteiger partial charge >= 0.3 is 0 Å². The molecule has 0 spiro atoms. The maximum absolute atomic E-state index is 12.6. The zero-order valence-electron chi connectivity index (χ0n) is 14.8. The van der Waals surface area contributed by atoms with E-state index in [0.29, 0.717) is 10.7 Å². The molecule has 0 saturated heterocycles. The zero-order chi connectivity index (χ0) is 20.3. The first-order chi connectivity index (χ1) is 13.4. The van der Waals surface area contributed by atoms with Crippen LogP contribution in [0.3, 0.4) is 0 Å². The van der Waals surface area contributed by atoms with E-state index in [1.165, 1.54) is 29.7 Å². The summed E-state index contributed by atoms with van der Waals surface area (Å²) in [5.74, 6) is -0.260. The lowest BCUT2D eigenvalue weighted by molar-refractivity contribution is 0.0977. The van der Waals surface area contributed by atoms with Crippen molar-refractivity contribution in [1.82, 2.24) is 10.3 Å². The van der Waals surface area contributed by atoms with E-state index in [2.05, 4.69) is 95.8 Å². The van der Waals surface area contributed by atoms with Crippen molar-refractivity contribution in [2.75, 3.05) is 5.32 Å². The number of fused-ring (bicyclic) bond motifs is 1. The van der Waals surface area contributed by atoms with Crippen LogP contribution < -0.4 is 10.6 Å². The smallest absolute Gasteiger partial charge is 0.258 e. The Labute approximate surface area is 208 Å². The van der Waals surface area contributed by atoms with Crippen LogP contribution in [0, 0.1) is 7.14 Å². The molecule has 1 heterocycles. The van der Waals surface area contributed by atoms with Gasteiger partial charge in [-0.25, -0.2) is 4.98 Å². The first kappa shape index (κ1) is 22.3. The molecule has 9 heteroatoms. The second-order valence-corrected chi connectivity index (χ2v) is 10.7. The van der Waals surface area contributed by atoms with Crippen LogP contribution in [-0.4, -0.2) is 16.0 Å². The number of carbonyl (C=O) groups is 1. The maximum Gasteiger partial charge on any atom is 0.258 e. The summed E-state index contributed by atoms with van der Waals surface area (Å²) < 4.78 is 3.83. The average molecular weight is 700 g/mol. The molecule has 28 heavy (non-hydrogen) atoms. The number of aromatic nitrogens is 1. The van der Waals surface area contributed by atoms with Crippen LogP contribution >= 0.6 is 84.7 Å². The highest BCUT2D eigenvalue weighted by Gasteiger charge is 2.15. The van der Waals surface area contributed by atoms with E-state index in [9.17, 15) is 4.79 Å². The van der Waals surface area contributed by atoms with Crippen molar-refractivity contribution in [3.63, 3.8) is 0 Å². The number of unbranched alkanes of at least 4 members (excludes halogenated alkanes) is 1. The summed E-state index contributed by atoms with van der Waals surface area (Å²) in [6.07, 6.45) is 3.43. The van der Waals surface area contributed by atoms with Gasteiger partial charge in [0.2, 0.25) is 0 Å². The molecule has 2 N–H and O–H groups in total. The summed E-state index contributed by atoms with van der Waals surface area (Å²) in [5, 5.41) is 6.67. The normalized spacial score (nSPS) is 10.9. The third-order valence-corrected chi connectivity index (χ3v) is 8.16. The maximum atomic E-state index is 12.6. The third kappa shape index (κ3) is 5.61. The summed E-state index contributed by atoms with van der Waals surface area (Å²) in [6, 6.07) is 10.2. The molecule has 1 aromatic heterocycles. The fourth-order valence-electron chi connectivity index (χ4n) is 2.58. The monoisotopic (exact) mass is 699 g/mol. The zero-order valence-corrected chi connectivity index (χ0v) is 22.3. The van der Waals surface area contributed by atoms with Gasteiger partial charge in [-0.1, -0.05) is 30.7 Å². The molecule has 146 valence electrons. The number of aryl methyl sites for hydroxylation is 1. The Hall–Kier alpha value is -0.370. The van der Waals surface area contributed by atoms with E-state index in [1.54, 1.807) is 0 Å². The topological polar surface area (TPSA) is 54.0 Å². The molecule has 3 rings (SSSR count).